The summed E-state index contributed by atoms with van der Waals surface area (Å²) in [6.45, 7) is 7.13. The van der Waals surface area contributed by atoms with E-state index in [0.29, 0.717) is 19.4 Å². The van der Waals surface area contributed by atoms with Crippen molar-refractivity contribution in [2.24, 2.45) is 5.41 Å². The smallest absolute Gasteiger partial charge is 0.335 e. The SMILES string of the molecule is CC(C)(C)CCN1C(=O)CCc2cc(C(=O)O)ccc21. The van der Waals surface area contributed by atoms with Gasteiger partial charge >= 0.3 is 5.97 Å². The molecule has 0 unspecified atom stereocenters. The standard InChI is InChI=1S/C16H21NO3/c1-16(2,3)8-9-17-13-6-4-12(15(19)20)10-11(13)5-7-14(17)18/h4,6,10H,5,7-9H2,1-3H3,(H,19,20). The second-order valence-corrected chi connectivity index (χ2v) is 6.50. The molecule has 108 valence electrons. The van der Waals surface area contributed by atoms with Gasteiger partial charge in [0.05, 0.1) is 5.56 Å². The van der Waals surface area contributed by atoms with Crippen LogP contribution in [0.4, 0.5) is 5.69 Å². The molecule has 1 aliphatic rings. The Hall–Kier alpha value is -1.84. The molecule has 0 atom stereocenters. The molecule has 1 heterocycles. The van der Waals surface area contributed by atoms with Gasteiger partial charge in [0.2, 0.25) is 5.91 Å². The average Bonchev–Trinajstić information content (AvgIpc) is 2.35. The number of anilines is 1. The van der Waals surface area contributed by atoms with Crippen molar-refractivity contribution in [3.63, 3.8) is 0 Å². The summed E-state index contributed by atoms with van der Waals surface area (Å²) in [6.07, 6.45) is 2.00. The molecular formula is C16H21NO3. The topological polar surface area (TPSA) is 57.6 Å². The first-order valence-electron chi connectivity index (χ1n) is 6.94. The highest BCUT2D eigenvalue weighted by atomic mass is 16.4. The van der Waals surface area contributed by atoms with Gasteiger partial charge in [-0.3, -0.25) is 4.79 Å². The minimum Gasteiger partial charge on any atom is -0.478 e. The number of hydrogen-bond acceptors (Lipinski definition) is 2. The van der Waals surface area contributed by atoms with E-state index in [1.54, 1.807) is 23.1 Å². The number of rotatable bonds is 3. The minimum absolute atomic E-state index is 0.129. The van der Waals surface area contributed by atoms with E-state index >= 15 is 0 Å². The van der Waals surface area contributed by atoms with Gasteiger partial charge in [-0.15, -0.1) is 0 Å². The number of carbonyl (C=O) groups is 2. The van der Waals surface area contributed by atoms with Crippen molar-refractivity contribution in [2.75, 3.05) is 11.4 Å². The van der Waals surface area contributed by atoms with E-state index in [-0.39, 0.29) is 16.9 Å². The van der Waals surface area contributed by atoms with Crippen LogP contribution < -0.4 is 4.90 Å². The van der Waals surface area contributed by atoms with Gasteiger partial charge in [0.1, 0.15) is 0 Å². The zero-order valence-electron chi connectivity index (χ0n) is 12.3. The van der Waals surface area contributed by atoms with Gasteiger partial charge in [-0.25, -0.2) is 4.79 Å². The van der Waals surface area contributed by atoms with E-state index in [9.17, 15) is 9.59 Å². The van der Waals surface area contributed by atoms with Gasteiger partial charge in [0.15, 0.2) is 0 Å². The van der Waals surface area contributed by atoms with Gasteiger partial charge in [-0.2, -0.15) is 0 Å². The predicted molar refractivity (Wildman–Crippen MR) is 78.1 cm³/mol. The maximum Gasteiger partial charge on any atom is 0.335 e. The number of aryl methyl sites for hydroxylation is 1. The minimum atomic E-state index is -0.925. The number of benzene rings is 1. The summed E-state index contributed by atoms with van der Waals surface area (Å²) in [5.74, 6) is -0.796. The zero-order chi connectivity index (χ0) is 14.9. The van der Waals surface area contributed by atoms with Crippen molar-refractivity contribution >= 4 is 17.6 Å². The quantitative estimate of drug-likeness (QED) is 0.922. The number of amides is 1. The largest absolute Gasteiger partial charge is 0.478 e. The van der Waals surface area contributed by atoms with Crippen molar-refractivity contribution in [2.45, 2.75) is 40.0 Å². The molecule has 0 aliphatic carbocycles. The van der Waals surface area contributed by atoms with Crippen molar-refractivity contribution in [1.82, 2.24) is 0 Å². The first kappa shape index (κ1) is 14.6. The van der Waals surface area contributed by atoms with E-state index in [1.807, 2.05) is 0 Å². The molecule has 1 amide bonds. The lowest BCUT2D eigenvalue weighted by molar-refractivity contribution is -0.119. The number of aromatic carboxylic acids is 1. The molecule has 4 heteroatoms. The Balaban J connectivity index is 2.27. The van der Waals surface area contributed by atoms with Crippen LogP contribution in [0, 0.1) is 5.41 Å². The predicted octanol–water partition coefficient (Wildman–Crippen LogP) is 3.10. The third-order valence-corrected chi connectivity index (χ3v) is 3.61. The Labute approximate surface area is 119 Å². The number of hydrogen-bond donors (Lipinski definition) is 1. The van der Waals surface area contributed by atoms with Crippen LogP contribution in [0.1, 0.15) is 49.5 Å². The number of nitrogens with zero attached hydrogens (tertiary/aromatic N) is 1. The van der Waals surface area contributed by atoms with Gasteiger partial charge in [0, 0.05) is 18.7 Å². The lowest BCUT2D eigenvalue weighted by Crippen LogP contribution is -2.37. The van der Waals surface area contributed by atoms with Crippen molar-refractivity contribution < 1.29 is 14.7 Å². The van der Waals surface area contributed by atoms with Gasteiger partial charge in [-0.1, -0.05) is 20.8 Å². The lowest BCUT2D eigenvalue weighted by atomic mass is 9.91. The van der Waals surface area contributed by atoms with Gasteiger partial charge in [-0.05, 0) is 42.0 Å². The summed E-state index contributed by atoms with van der Waals surface area (Å²) in [7, 11) is 0. The summed E-state index contributed by atoms with van der Waals surface area (Å²) in [4.78, 5) is 24.9. The molecule has 0 aromatic heterocycles. The fourth-order valence-electron chi connectivity index (χ4n) is 2.39. The summed E-state index contributed by atoms with van der Waals surface area (Å²) >= 11 is 0. The van der Waals surface area contributed by atoms with Crippen LogP contribution in [0.25, 0.3) is 0 Å². The van der Waals surface area contributed by atoms with E-state index in [0.717, 1.165) is 17.7 Å². The number of carboxylic acid groups (broad SMARTS) is 1. The zero-order valence-corrected chi connectivity index (χ0v) is 12.3. The maximum atomic E-state index is 12.1. The number of fused-ring (bicyclic) bond motifs is 1. The number of carbonyl (C=O) groups excluding carboxylic acids is 1. The first-order chi connectivity index (χ1) is 9.28. The average molecular weight is 275 g/mol. The maximum absolute atomic E-state index is 12.1. The van der Waals surface area contributed by atoms with Crippen LogP contribution in [0.3, 0.4) is 0 Å². The van der Waals surface area contributed by atoms with E-state index < -0.39 is 5.97 Å². The van der Waals surface area contributed by atoms with Gasteiger partial charge < -0.3 is 10.0 Å². The van der Waals surface area contributed by atoms with E-state index in [1.165, 1.54) is 0 Å². The highest BCUT2D eigenvalue weighted by Crippen LogP contribution is 2.30. The molecule has 0 bridgehead atoms. The van der Waals surface area contributed by atoms with Crippen molar-refractivity contribution in [1.29, 1.82) is 0 Å². The Kier molecular flexibility index (Phi) is 3.84. The van der Waals surface area contributed by atoms with Crippen molar-refractivity contribution in [3.05, 3.63) is 29.3 Å². The van der Waals surface area contributed by atoms with Crippen LogP contribution in [-0.4, -0.2) is 23.5 Å². The fourth-order valence-corrected chi connectivity index (χ4v) is 2.39. The third kappa shape index (κ3) is 3.18. The molecule has 0 saturated heterocycles. The highest BCUT2D eigenvalue weighted by molar-refractivity contribution is 5.97. The monoisotopic (exact) mass is 275 g/mol. The van der Waals surface area contributed by atoms with Crippen LogP contribution in [0.15, 0.2) is 18.2 Å². The summed E-state index contributed by atoms with van der Waals surface area (Å²) < 4.78 is 0. The summed E-state index contributed by atoms with van der Waals surface area (Å²) in [6, 6.07) is 5.02. The van der Waals surface area contributed by atoms with Crippen LogP contribution in [0.5, 0.6) is 0 Å². The van der Waals surface area contributed by atoms with Crippen molar-refractivity contribution in [3.8, 4) is 0 Å². The fraction of sp³-hybridized carbons (Fsp3) is 0.500. The normalized spacial score (nSPS) is 15.2. The third-order valence-electron chi connectivity index (χ3n) is 3.61. The summed E-state index contributed by atoms with van der Waals surface area (Å²) in [5, 5.41) is 9.03. The molecule has 20 heavy (non-hydrogen) atoms. The van der Waals surface area contributed by atoms with Crippen LogP contribution in [-0.2, 0) is 11.2 Å². The van der Waals surface area contributed by atoms with E-state index in [4.69, 9.17) is 5.11 Å². The Morgan fingerprint density at radius 2 is 2.00 bits per heavy atom. The number of carboxylic acids is 1. The second kappa shape index (κ2) is 5.27. The van der Waals surface area contributed by atoms with Crippen LogP contribution in [0.2, 0.25) is 0 Å². The molecule has 0 saturated carbocycles. The molecule has 1 aliphatic heterocycles. The molecular weight excluding hydrogens is 254 g/mol. The van der Waals surface area contributed by atoms with Gasteiger partial charge in [0.25, 0.3) is 0 Å². The molecule has 1 aromatic carbocycles. The molecule has 0 fully saturated rings. The van der Waals surface area contributed by atoms with E-state index in [2.05, 4.69) is 20.8 Å². The summed E-state index contributed by atoms with van der Waals surface area (Å²) in [5.41, 5.74) is 2.28. The molecule has 2 rings (SSSR count). The molecule has 0 spiro atoms. The highest BCUT2D eigenvalue weighted by Gasteiger charge is 2.26. The Morgan fingerprint density at radius 1 is 1.30 bits per heavy atom. The first-order valence-corrected chi connectivity index (χ1v) is 6.94. The molecule has 4 nitrogen and oxygen atoms in total. The Bertz CT molecular complexity index is 543. The molecule has 0 radical (unpaired) electrons. The Morgan fingerprint density at radius 3 is 2.60 bits per heavy atom. The lowest BCUT2D eigenvalue weighted by Gasteiger charge is -2.32. The van der Waals surface area contributed by atoms with Crippen LogP contribution >= 0.6 is 0 Å². The second-order valence-electron chi connectivity index (χ2n) is 6.50. The molecule has 1 aromatic rings. The molecule has 1 N–H and O–H groups in total.